The minimum absolute atomic E-state index is 1.17. The van der Waals surface area contributed by atoms with Crippen LogP contribution in [-0.4, -0.2) is 5.33 Å². The van der Waals surface area contributed by atoms with Gasteiger partial charge in [-0.1, -0.05) is 124 Å². The molecule has 4 rings (SSSR count). The lowest BCUT2D eigenvalue weighted by Crippen LogP contribution is -1.86. The molecule has 0 atom stereocenters. The Morgan fingerprint density at radius 3 is 1.39 bits per heavy atom. The summed E-state index contributed by atoms with van der Waals surface area (Å²) in [5, 5.41) is 4.10. The van der Waals surface area contributed by atoms with E-state index in [4.69, 9.17) is 0 Å². The summed E-state index contributed by atoms with van der Waals surface area (Å²) in [6, 6.07) is 14.5. The molecular formula is C33H45BrS2. The van der Waals surface area contributed by atoms with E-state index in [2.05, 4.69) is 59.3 Å². The lowest BCUT2D eigenvalue weighted by Gasteiger charge is -2.04. The third kappa shape index (κ3) is 8.05. The van der Waals surface area contributed by atoms with Crippen LogP contribution >= 0.6 is 38.6 Å². The summed E-state index contributed by atoms with van der Waals surface area (Å²) in [5.41, 5.74) is 3.05. The van der Waals surface area contributed by atoms with E-state index in [-0.39, 0.29) is 0 Å². The topological polar surface area (TPSA) is 0 Å². The number of alkyl halides is 1. The number of benzene rings is 2. The van der Waals surface area contributed by atoms with Crippen molar-refractivity contribution in [1.29, 1.82) is 0 Å². The van der Waals surface area contributed by atoms with Crippen molar-refractivity contribution in [2.45, 2.75) is 116 Å². The van der Waals surface area contributed by atoms with Crippen LogP contribution < -0.4 is 0 Å². The Labute approximate surface area is 236 Å². The Morgan fingerprint density at radius 2 is 0.944 bits per heavy atom. The maximum Gasteiger partial charge on any atom is 0.0542 e. The van der Waals surface area contributed by atoms with Gasteiger partial charge in [-0.3, -0.25) is 0 Å². The van der Waals surface area contributed by atoms with E-state index in [0.717, 1.165) is 0 Å². The highest BCUT2D eigenvalue weighted by atomic mass is 79.9. The van der Waals surface area contributed by atoms with Crippen molar-refractivity contribution in [2.24, 2.45) is 0 Å². The molecule has 0 nitrogen and oxygen atoms in total. The molecule has 2 aromatic heterocycles. The van der Waals surface area contributed by atoms with Crippen LogP contribution in [-0.2, 0) is 12.8 Å². The third-order valence-electron chi connectivity index (χ3n) is 7.63. The Kier molecular flexibility index (Phi) is 12.1. The Balaban J connectivity index is 1.27. The van der Waals surface area contributed by atoms with Crippen molar-refractivity contribution in [3.8, 4) is 0 Å². The molecule has 3 heteroatoms. The average Bonchev–Trinajstić information content (AvgIpc) is 3.42. The van der Waals surface area contributed by atoms with Gasteiger partial charge in [-0.15, -0.1) is 22.7 Å². The quantitative estimate of drug-likeness (QED) is 0.0805. The predicted molar refractivity (Wildman–Crippen MR) is 171 cm³/mol. The second-order valence-corrected chi connectivity index (χ2v) is 13.6. The van der Waals surface area contributed by atoms with Crippen molar-refractivity contribution >= 4 is 68.2 Å². The van der Waals surface area contributed by atoms with Gasteiger partial charge >= 0.3 is 0 Å². The minimum atomic E-state index is 1.17. The monoisotopic (exact) mass is 584 g/mol. The van der Waals surface area contributed by atoms with Gasteiger partial charge < -0.3 is 0 Å². The Morgan fingerprint density at radius 1 is 0.528 bits per heavy atom. The fraction of sp³-hybridized carbons (Fsp3) is 0.576. The second-order valence-electron chi connectivity index (χ2n) is 10.7. The number of unbranched alkanes of at least 4 members (excludes halogenated alkanes) is 13. The summed E-state index contributed by atoms with van der Waals surface area (Å²) >= 11 is 7.55. The largest absolute Gasteiger partial charge is 0.134 e. The zero-order valence-corrected chi connectivity index (χ0v) is 25.6. The molecule has 0 saturated heterocycles. The summed E-state index contributed by atoms with van der Waals surface area (Å²) < 4.78 is 5.97. The van der Waals surface area contributed by atoms with Crippen LogP contribution in [0.1, 0.15) is 114 Å². The minimum Gasteiger partial charge on any atom is -0.134 e. The van der Waals surface area contributed by atoms with Crippen LogP contribution in [0.4, 0.5) is 0 Å². The maximum absolute atomic E-state index is 3.53. The van der Waals surface area contributed by atoms with Gasteiger partial charge in [0.25, 0.3) is 0 Å². The molecule has 0 aliphatic heterocycles. The fourth-order valence-electron chi connectivity index (χ4n) is 5.43. The highest BCUT2D eigenvalue weighted by Crippen LogP contribution is 2.44. The first-order valence-corrected chi connectivity index (χ1v) is 17.5. The zero-order chi connectivity index (χ0) is 25.0. The van der Waals surface area contributed by atoms with Crippen molar-refractivity contribution in [2.75, 3.05) is 5.33 Å². The van der Waals surface area contributed by atoms with Crippen molar-refractivity contribution < 1.29 is 0 Å². The maximum atomic E-state index is 3.53. The standard InChI is InChI=1S/C33H45BrS2/c1-2-3-4-5-11-14-17-26-19-21-28-30(24-26)35-33-29-22-20-27(25-31(29)36-32(28)33)18-15-12-9-7-6-8-10-13-16-23-34/h19-22,24-25H,2-18,23H2,1H3. The Hall–Kier alpha value is -0.900. The highest BCUT2D eigenvalue weighted by Gasteiger charge is 2.13. The number of rotatable bonds is 18. The molecular weight excluding hydrogens is 540 g/mol. The van der Waals surface area contributed by atoms with Gasteiger partial charge in [0.2, 0.25) is 0 Å². The average molecular weight is 586 g/mol. The fourth-order valence-corrected chi connectivity index (χ4v) is 8.60. The summed E-state index contributed by atoms with van der Waals surface area (Å²) in [4.78, 5) is 0. The number of thiophene rings is 2. The van der Waals surface area contributed by atoms with E-state index in [0.29, 0.717) is 0 Å². The molecule has 2 aromatic carbocycles. The first kappa shape index (κ1) is 28.1. The molecule has 0 fully saturated rings. The summed E-state index contributed by atoms with van der Waals surface area (Å²) in [6.45, 7) is 2.29. The van der Waals surface area contributed by atoms with Crippen LogP contribution in [0, 0.1) is 0 Å². The molecule has 0 bridgehead atoms. The van der Waals surface area contributed by atoms with E-state index < -0.39 is 0 Å². The third-order valence-corrected chi connectivity index (χ3v) is 10.7. The first-order chi connectivity index (χ1) is 17.8. The van der Waals surface area contributed by atoms with Crippen LogP contribution in [0.3, 0.4) is 0 Å². The molecule has 0 amide bonds. The van der Waals surface area contributed by atoms with E-state index >= 15 is 0 Å². The van der Waals surface area contributed by atoms with Crippen LogP contribution in [0.2, 0.25) is 0 Å². The van der Waals surface area contributed by atoms with Gasteiger partial charge in [0.05, 0.1) is 9.40 Å². The summed E-state index contributed by atoms with van der Waals surface area (Å²) in [6.07, 6.45) is 23.2. The van der Waals surface area contributed by atoms with Crippen LogP contribution in [0.5, 0.6) is 0 Å². The smallest absolute Gasteiger partial charge is 0.0542 e. The molecule has 0 N–H and O–H groups in total. The second kappa shape index (κ2) is 15.5. The molecule has 196 valence electrons. The van der Waals surface area contributed by atoms with Gasteiger partial charge in [-0.25, -0.2) is 0 Å². The highest BCUT2D eigenvalue weighted by molar-refractivity contribution is 9.09. The number of fused-ring (bicyclic) bond motifs is 5. The molecule has 0 saturated carbocycles. The van der Waals surface area contributed by atoms with E-state index in [1.54, 1.807) is 0 Å². The molecule has 36 heavy (non-hydrogen) atoms. The van der Waals surface area contributed by atoms with Gasteiger partial charge in [-0.2, -0.15) is 0 Å². The molecule has 0 spiro atoms. The zero-order valence-electron chi connectivity index (χ0n) is 22.4. The molecule has 0 aliphatic rings. The van der Waals surface area contributed by atoms with Crippen LogP contribution in [0.15, 0.2) is 36.4 Å². The normalized spacial score (nSPS) is 11.9. The number of halogens is 1. The van der Waals surface area contributed by atoms with E-state index in [1.807, 2.05) is 22.7 Å². The van der Waals surface area contributed by atoms with Crippen molar-refractivity contribution in [1.82, 2.24) is 0 Å². The van der Waals surface area contributed by atoms with Crippen LogP contribution in [0.25, 0.3) is 29.6 Å². The summed E-state index contributed by atoms with van der Waals surface area (Å²) in [5.74, 6) is 0. The predicted octanol–water partition coefficient (Wildman–Crippen LogP) is 12.6. The van der Waals surface area contributed by atoms with Gasteiger partial charge in [0.15, 0.2) is 0 Å². The molecule has 0 unspecified atom stereocenters. The van der Waals surface area contributed by atoms with Gasteiger partial charge in [0.1, 0.15) is 0 Å². The molecule has 2 heterocycles. The van der Waals surface area contributed by atoms with Gasteiger partial charge in [0, 0.05) is 25.5 Å². The van der Waals surface area contributed by atoms with Gasteiger partial charge in [-0.05, 0) is 55.4 Å². The number of hydrogen-bond acceptors (Lipinski definition) is 2. The first-order valence-electron chi connectivity index (χ1n) is 14.7. The number of hydrogen-bond donors (Lipinski definition) is 0. The lowest BCUT2D eigenvalue weighted by molar-refractivity contribution is 0.566. The molecule has 4 aromatic rings. The number of aryl methyl sites for hydroxylation is 2. The van der Waals surface area contributed by atoms with Crippen molar-refractivity contribution in [3.63, 3.8) is 0 Å². The lowest BCUT2D eigenvalue weighted by atomic mass is 10.0. The van der Waals surface area contributed by atoms with E-state index in [9.17, 15) is 0 Å². The SMILES string of the molecule is CCCCCCCCc1ccc2c(c1)sc1c3ccc(CCCCCCCCCCCBr)cc3sc21. The molecule has 0 radical (unpaired) electrons. The molecule has 0 aliphatic carbocycles. The summed E-state index contributed by atoms with van der Waals surface area (Å²) in [7, 11) is 0. The Bertz CT molecular complexity index is 1180. The van der Waals surface area contributed by atoms with Crippen molar-refractivity contribution in [3.05, 3.63) is 47.5 Å². The van der Waals surface area contributed by atoms with E-state index in [1.165, 1.54) is 155 Å².